The second-order valence-corrected chi connectivity index (χ2v) is 9.15. The van der Waals surface area contributed by atoms with Crippen LogP contribution in [0.15, 0.2) is 30.3 Å². The number of aromatic nitrogens is 2. The van der Waals surface area contributed by atoms with Gasteiger partial charge in [0.15, 0.2) is 0 Å². The normalized spacial score (nSPS) is 21.8. The Morgan fingerprint density at radius 2 is 1.79 bits per heavy atom. The summed E-state index contributed by atoms with van der Waals surface area (Å²) in [6.45, 7) is 6.61. The van der Waals surface area contributed by atoms with Crippen LogP contribution in [-0.2, 0) is 23.2 Å². The van der Waals surface area contributed by atoms with Crippen molar-refractivity contribution in [2.45, 2.75) is 64.5 Å². The molecular formula is C23H29N3O3. The van der Waals surface area contributed by atoms with Crippen molar-refractivity contribution < 1.29 is 14.7 Å². The van der Waals surface area contributed by atoms with Crippen LogP contribution in [0.2, 0.25) is 0 Å². The van der Waals surface area contributed by atoms with E-state index in [-0.39, 0.29) is 11.4 Å². The summed E-state index contributed by atoms with van der Waals surface area (Å²) in [5.74, 6) is -1.53. The lowest BCUT2D eigenvalue weighted by molar-refractivity contribution is -0.142. The highest BCUT2D eigenvalue weighted by atomic mass is 16.4. The molecule has 2 heterocycles. The van der Waals surface area contributed by atoms with Gasteiger partial charge in [-0.2, -0.15) is 5.10 Å². The molecule has 2 atom stereocenters. The first kappa shape index (κ1) is 19.7. The fourth-order valence-electron chi connectivity index (χ4n) is 4.74. The van der Waals surface area contributed by atoms with Crippen LogP contribution < -0.4 is 0 Å². The van der Waals surface area contributed by atoms with E-state index in [2.05, 4.69) is 20.8 Å². The molecule has 0 saturated carbocycles. The van der Waals surface area contributed by atoms with Crippen LogP contribution in [-0.4, -0.2) is 38.2 Å². The number of benzene rings is 1. The van der Waals surface area contributed by atoms with Crippen LogP contribution in [0.25, 0.3) is 0 Å². The Labute approximate surface area is 171 Å². The van der Waals surface area contributed by atoms with Gasteiger partial charge in [0.25, 0.3) is 5.91 Å². The molecule has 4 rings (SSSR count). The van der Waals surface area contributed by atoms with Crippen molar-refractivity contribution in [3.05, 3.63) is 52.8 Å². The second kappa shape index (κ2) is 7.32. The lowest BCUT2D eigenvalue weighted by Crippen LogP contribution is -2.37. The molecule has 0 bridgehead atoms. The van der Waals surface area contributed by atoms with Gasteiger partial charge in [-0.15, -0.1) is 0 Å². The highest BCUT2D eigenvalue weighted by Gasteiger charge is 2.44. The zero-order chi connectivity index (χ0) is 20.8. The van der Waals surface area contributed by atoms with Crippen molar-refractivity contribution in [3.63, 3.8) is 0 Å². The third kappa shape index (κ3) is 3.45. The number of nitrogens with zero attached hydrogens (tertiary/aromatic N) is 3. The minimum atomic E-state index is -0.847. The SMILES string of the molecule is CC(C)(C)n1nc2c(c1C(=O)N1CC[C@H](C(=O)O)[C@@H]1c1ccccc1)CCCC2. The van der Waals surface area contributed by atoms with Gasteiger partial charge >= 0.3 is 5.97 Å². The van der Waals surface area contributed by atoms with E-state index in [1.807, 2.05) is 35.0 Å². The fourth-order valence-corrected chi connectivity index (χ4v) is 4.74. The van der Waals surface area contributed by atoms with Crippen LogP contribution in [0.1, 0.15) is 73.4 Å². The van der Waals surface area contributed by atoms with Crippen LogP contribution in [0.3, 0.4) is 0 Å². The first-order valence-corrected chi connectivity index (χ1v) is 10.5. The highest BCUT2D eigenvalue weighted by molar-refractivity contribution is 5.95. The van der Waals surface area contributed by atoms with E-state index in [0.717, 1.165) is 42.5 Å². The van der Waals surface area contributed by atoms with E-state index < -0.39 is 17.9 Å². The number of aryl methyl sites for hydroxylation is 1. The molecule has 1 N–H and O–H groups in total. The Bertz CT molecular complexity index is 927. The summed E-state index contributed by atoms with van der Waals surface area (Å²) in [6, 6.07) is 9.09. The van der Waals surface area contributed by atoms with Crippen LogP contribution in [0.5, 0.6) is 0 Å². The summed E-state index contributed by atoms with van der Waals surface area (Å²) in [7, 11) is 0. The second-order valence-electron chi connectivity index (χ2n) is 9.15. The largest absolute Gasteiger partial charge is 0.481 e. The number of hydrogen-bond acceptors (Lipinski definition) is 3. The number of likely N-dealkylation sites (tertiary alicyclic amines) is 1. The fraction of sp³-hybridized carbons (Fsp3) is 0.522. The number of carbonyl (C=O) groups excluding carboxylic acids is 1. The minimum Gasteiger partial charge on any atom is -0.481 e. The molecule has 1 fully saturated rings. The van der Waals surface area contributed by atoms with Crippen molar-refractivity contribution in [3.8, 4) is 0 Å². The number of carboxylic acid groups (broad SMARTS) is 1. The van der Waals surface area contributed by atoms with Gasteiger partial charge in [-0.3, -0.25) is 14.3 Å². The topological polar surface area (TPSA) is 75.4 Å². The van der Waals surface area contributed by atoms with Gasteiger partial charge in [0, 0.05) is 12.1 Å². The third-order valence-electron chi connectivity index (χ3n) is 6.11. The molecule has 6 heteroatoms. The van der Waals surface area contributed by atoms with E-state index in [9.17, 15) is 14.7 Å². The van der Waals surface area contributed by atoms with Gasteiger partial charge in [-0.05, 0) is 58.4 Å². The van der Waals surface area contributed by atoms with Crippen molar-refractivity contribution >= 4 is 11.9 Å². The molecule has 1 aromatic heterocycles. The number of hydrogen-bond donors (Lipinski definition) is 1. The molecule has 0 radical (unpaired) electrons. The molecule has 2 aromatic rings. The van der Waals surface area contributed by atoms with Crippen molar-refractivity contribution in [2.75, 3.05) is 6.54 Å². The average molecular weight is 396 g/mol. The zero-order valence-electron chi connectivity index (χ0n) is 17.4. The summed E-state index contributed by atoms with van der Waals surface area (Å²) in [6.07, 6.45) is 4.38. The predicted molar refractivity (Wildman–Crippen MR) is 110 cm³/mol. The Hall–Kier alpha value is -2.63. The van der Waals surface area contributed by atoms with Gasteiger partial charge in [0.1, 0.15) is 5.69 Å². The summed E-state index contributed by atoms with van der Waals surface area (Å²) >= 11 is 0. The maximum atomic E-state index is 13.9. The van der Waals surface area contributed by atoms with Gasteiger partial charge in [0.2, 0.25) is 0 Å². The molecule has 1 aromatic carbocycles. The summed E-state index contributed by atoms with van der Waals surface area (Å²) in [4.78, 5) is 27.6. The molecule has 2 aliphatic rings. The molecule has 1 aliphatic heterocycles. The number of carboxylic acids is 1. The van der Waals surface area contributed by atoms with Crippen LogP contribution in [0.4, 0.5) is 0 Å². The van der Waals surface area contributed by atoms with Crippen LogP contribution >= 0.6 is 0 Å². The molecular weight excluding hydrogens is 366 g/mol. The number of fused-ring (bicyclic) bond motifs is 1. The van der Waals surface area contributed by atoms with Gasteiger partial charge < -0.3 is 10.0 Å². The maximum Gasteiger partial charge on any atom is 0.309 e. The first-order valence-electron chi connectivity index (χ1n) is 10.5. The molecule has 154 valence electrons. The maximum absolute atomic E-state index is 13.9. The summed E-state index contributed by atoms with van der Waals surface area (Å²) in [5, 5.41) is 14.6. The Kier molecular flexibility index (Phi) is 4.97. The summed E-state index contributed by atoms with van der Waals surface area (Å²) < 4.78 is 1.88. The Morgan fingerprint density at radius 1 is 1.10 bits per heavy atom. The van der Waals surface area contributed by atoms with Crippen molar-refractivity contribution in [1.29, 1.82) is 0 Å². The minimum absolute atomic E-state index is 0.0896. The predicted octanol–water partition coefficient (Wildman–Crippen LogP) is 3.80. The van der Waals surface area contributed by atoms with Crippen molar-refractivity contribution in [1.82, 2.24) is 14.7 Å². The van der Waals surface area contributed by atoms with E-state index >= 15 is 0 Å². The monoisotopic (exact) mass is 395 g/mol. The Balaban J connectivity index is 1.80. The zero-order valence-corrected chi connectivity index (χ0v) is 17.4. The molecule has 29 heavy (non-hydrogen) atoms. The van der Waals surface area contributed by atoms with Gasteiger partial charge in [-0.25, -0.2) is 0 Å². The number of rotatable bonds is 3. The van der Waals surface area contributed by atoms with Gasteiger partial charge in [0.05, 0.1) is 23.2 Å². The quantitative estimate of drug-likeness (QED) is 0.858. The van der Waals surface area contributed by atoms with Gasteiger partial charge in [-0.1, -0.05) is 30.3 Å². The number of amides is 1. The molecule has 1 aliphatic carbocycles. The third-order valence-corrected chi connectivity index (χ3v) is 6.11. The smallest absolute Gasteiger partial charge is 0.309 e. The van der Waals surface area contributed by atoms with E-state index in [4.69, 9.17) is 5.10 Å². The lowest BCUT2D eigenvalue weighted by atomic mass is 9.92. The highest BCUT2D eigenvalue weighted by Crippen LogP contribution is 2.40. The van der Waals surface area contributed by atoms with Crippen LogP contribution in [0, 0.1) is 5.92 Å². The van der Waals surface area contributed by atoms with E-state index in [0.29, 0.717) is 18.7 Å². The first-order chi connectivity index (χ1) is 13.8. The standard InChI is InChI=1S/C23H29N3O3/c1-23(2,3)26-20(16-11-7-8-12-18(16)24-26)21(27)25-14-13-17(22(28)29)19(25)15-9-5-4-6-10-15/h4-6,9-10,17,19H,7-8,11-14H2,1-3H3,(H,28,29)/t17-,19-/m0/s1. The molecule has 0 unspecified atom stereocenters. The average Bonchev–Trinajstić information content (AvgIpc) is 3.30. The number of aliphatic carboxylic acids is 1. The van der Waals surface area contributed by atoms with Crippen molar-refractivity contribution in [2.24, 2.45) is 5.92 Å². The lowest BCUT2D eigenvalue weighted by Gasteiger charge is -2.30. The molecule has 6 nitrogen and oxygen atoms in total. The van der Waals surface area contributed by atoms with E-state index in [1.54, 1.807) is 4.90 Å². The Morgan fingerprint density at radius 3 is 2.45 bits per heavy atom. The molecule has 0 spiro atoms. The van der Waals surface area contributed by atoms with E-state index in [1.165, 1.54) is 0 Å². The molecule has 1 amide bonds. The summed E-state index contributed by atoms with van der Waals surface area (Å²) in [5.41, 5.74) is 3.29. The number of carbonyl (C=O) groups is 2. The molecule has 1 saturated heterocycles.